The second-order valence-electron chi connectivity index (χ2n) is 6.64. The van der Waals surface area contributed by atoms with Gasteiger partial charge >= 0.3 is 0 Å². The van der Waals surface area contributed by atoms with E-state index >= 15 is 0 Å². The minimum atomic E-state index is -0.207. The van der Waals surface area contributed by atoms with E-state index in [1.165, 1.54) is 11.1 Å². The normalized spacial score (nSPS) is 17.2. The van der Waals surface area contributed by atoms with Gasteiger partial charge in [-0.25, -0.2) is 0 Å². The molecule has 1 atom stereocenters. The van der Waals surface area contributed by atoms with Gasteiger partial charge in [-0.1, -0.05) is 48.0 Å². The molecule has 2 aromatic carbocycles. The molecular weight excluding hydrogens is 312 g/mol. The molecule has 1 fully saturated rings. The predicted molar refractivity (Wildman–Crippen MR) is 98.5 cm³/mol. The van der Waals surface area contributed by atoms with E-state index in [1.807, 2.05) is 23.1 Å². The molecule has 0 bridgehead atoms. The van der Waals surface area contributed by atoms with Gasteiger partial charge in [0.25, 0.3) is 5.91 Å². The molecule has 0 aromatic heterocycles. The van der Waals surface area contributed by atoms with Gasteiger partial charge in [0.15, 0.2) is 0 Å². The van der Waals surface area contributed by atoms with Gasteiger partial charge in [0.1, 0.15) is 0 Å². The summed E-state index contributed by atoms with van der Waals surface area (Å²) in [6.07, 6.45) is 2.10. The summed E-state index contributed by atoms with van der Waals surface area (Å²) < 4.78 is 0. The lowest BCUT2D eigenvalue weighted by Crippen LogP contribution is -2.44. The molecule has 1 aliphatic heterocycles. The number of aryl methyl sites for hydroxylation is 1. The lowest BCUT2D eigenvalue weighted by molar-refractivity contribution is -0.131. The molecule has 130 valence electrons. The molecule has 3 rings (SSSR count). The van der Waals surface area contributed by atoms with Crippen LogP contribution in [-0.4, -0.2) is 36.3 Å². The molecule has 4 nitrogen and oxygen atoms in total. The quantitative estimate of drug-likeness (QED) is 0.932. The topological polar surface area (TPSA) is 49.4 Å². The van der Waals surface area contributed by atoms with Crippen molar-refractivity contribution >= 4 is 11.8 Å². The fourth-order valence-electron chi connectivity index (χ4n) is 3.36. The van der Waals surface area contributed by atoms with Gasteiger partial charge in [0, 0.05) is 24.6 Å². The van der Waals surface area contributed by atoms with Crippen LogP contribution in [0.2, 0.25) is 0 Å². The Morgan fingerprint density at radius 1 is 1.12 bits per heavy atom. The Balaban J connectivity index is 1.56. The maximum absolute atomic E-state index is 12.5. The second-order valence-corrected chi connectivity index (χ2v) is 6.64. The molecule has 0 spiro atoms. The Morgan fingerprint density at radius 3 is 2.68 bits per heavy atom. The summed E-state index contributed by atoms with van der Waals surface area (Å²) in [5.41, 5.74) is 3.12. The number of amides is 2. The number of carbonyl (C=O) groups excluding carboxylic acids is 2. The number of nitrogens with one attached hydrogen (secondary N) is 1. The number of benzene rings is 2. The van der Waals surface area contributed by atoms with E-state index in [0.717, 1.165) is 25.9 Å². The Morgan fingerprint density at radius 2 is 1.92 bits per heavy atom. The largest absolute Gasteiger partial charge is 0.343 e. The van der Waals surface area contributed by atoms with Crippen molar-refractivity contribution in [1.82, 2.24) is 10.2 Å². The van der Waals surface area contributed by atoms with Gasteiger partial charge < -0.3 is 10.2 Å². The molecule has 1 heterocycles. The number of likely N-dealkylation sites (tertiary alicyclic amines) is 1. The van der Waals surface area contributed by atoms with Crippen LogP contribution in [0.5, 0.6) is 0 Å². The van der Waals surface area contributed by atoms with Crippen LogP contribution in [0, 0.1) is 6.92 Å². The molecule has 4 heteroatoms. The van der Waals surface area contributed by atoms with Crippen molar-refractivity contribution in [3.05, 3.63) is 71.3 Å². The van der Waals surface area contributed by atoms with Crippen LogP contribution in [0.3, 0.4) is 0 Å². The van der Waals surface area contributed by atoms with Crippen molar-refractivity contribution in [2.45, 2.75) is 25.7 Å². The lowest BCUT2D eigenvalue weighted by atomic mass is 9.90. The third kappa shape index (κ3) is 4.47. The first kappa shape index (κ1) is 17.2. The van der Waals surface area contributed by atoms with Gasteiger partial charge in [-0.05, 0) is 37.5 Å². The number of rotatable bonds is 4. The van der Waals surface area contributed by atoms with Gasteiger partial charge in [-0.3, -0.25) is 9.59 Å². The molecular formula is C21H24N2O2. The van der Waals surface area contributed by atoms with Gasteiger partial charge in [0.2, 0.25) is 5.91 Å². The Kier molecular flexibility index (Phi) is 5.49. The van der Waals surface area contributed by atoms with Gasteiger partial charge in [-0.2, -0.15) is 0 Å². The van der Waals surface area contributed by atoms with Crippen LogP contribution >= 0.6 is 0 Å². The van der Waals surface area contributed by atoms with E-state index in [2.05, 4.69) is 36.5 Å². The fourth-order valence-corrected chi connectivity index (χ4v) is 3.36. The van der Waals surface area contributed by atoms with E-state index in [9.17, 15) is 9.59 Å². The number of carbonyl (C=O) groups is 2. The van der Waals surface area contributed by atoms with Crippen LogP contribution in [-0.2, 0) is 4.79 Å². The molecule has 1 aliphatic rings. The van der Waals surface area contributed by atoms with E-state index in [1.54, 1.807) is 12.1 Å². The first-order valence-electron chi connectivity index (χ1n) is 8.81. The Bertz CT molecular complexity index is 743. The number of hydrogen-bond donors (Lipinski definition) is 1. The molecule has 0 radical (unpaired) electrons. The molecule has 1 saturated heterocycles. The summed E-state index contributed by atoms with van der Waals surface area (Å²) in [5, 5.41) is 2.73. The number of piperidine rings is 1. The number of nitrogens with zero attached hydrogens (tertiary/aromatic N) is 1. The van der Waals surface area contributed by atoms with Crippen molar-refractivity contribution in [3.63, 3.8) is 0 Å². The Hall–Kier alpha value is -2.62. The molecule has 0 aliphatic carbocycles. The first-order chi connectivity index (χ1) is 12.1. The highest BCUT2D eigenvalue weighted by molar-refractivity contribution is 5.96. The van der Waals surface area contributed by atoms with Crippen molar-refractivity contribution in [2.24, 2.45) is 0 Å². The summed E-state index contributed by atoms with van der Waals surface area (Å²) in [7, 11) is 0. The third-order valence-corrected chi connectivity index (χ3v) is 4.72. The molecule has 0 saturated carbocycles. The van der Waals surface area contributed by atoms with Crippen LogP contribution in [0.1, 0.15) is 40.2 Å². The van der Waals surface area contributed by atoms with E-state index < -0.39 is 0 Å². The first-order valence-corrected chi connectivity index (χ1v) is 8.81. The second kappa shape index (κ2) is 7.97. The maximum Gasteiger partial charge on any atom is 0.251 e. The zero-order chi connectivity index (χ0) is 17.6. The summed E-state index contributed by atoms with van der Waals surface area (Å²) in [4.78, 5) is 26.4. The summed E-state index contributed by atoms with van der Waals surface area (Å²) in [5.74, 6) is 0.158. The average molecular weight is 336 g/mol. The monoisotopic (exact) mass is 336 g/mol. The maximum atomic E-state index is 12.5. The Labute approximate surface area is 148 Å². The number of hydrogen-bond acceptors (Lipinski definition) is 2. The van der Waals surface area contributed by atoms with Crippen LogP contribution in [0.15, 0.2) is 54.6 Å². The fraction of sp³-hybridized carbons (Fsp3) is 0.333. The molecule has 2 amide bonds. The van der Waals surface area contributed by atoms with Gasteiger partial charge in [-0.15, -0.1) is 0 Å². The van der Waals surface area contributed by atoms with Crippen molar-refractivity contribution < 1.29 is 9.59 Å². The summed E-state index contributed by atoms with van der Waals surface area (Å²) in [6, 6.07) is 17.5. The summed E-state index contributed by atoms with van der Waals surface area (Å²) in [6.45, 7) is 3.63. The molecule has 1 unspecified atom stereocenters. The van der Waals surface area contributed by atoms with E-state index in [-0.39, 0.29) is 18.4 Å². The third-order valence-electron chi connectivity index (χ3n) is 4.72. The smallest absolute Gasteiger partial charge is 0.251 e. The minimum Gasteiger partial charge on any atom is -0.343 e. The van der Waals surface area contributed by atoms with Crippen molar-refractivity contribution in [1.29, 1.82) is 0 Å². The van der Waals surface area contributed by atoms with E-state index in [0.29, 0.717) is 11.5 Å². The van der Waals surface area contributed by atoms with Crippen LogP contribution in [0.4, 0.5) is 0 Å². The molecule has 1 N–H and O–H groups in total. The highest BCUT2D eigenvalue weighted by atomic mass is 16.2. The zero-order valence-corrected chi connectivity index (χ0v) is 14.6. The predicted octanol–water partition coefficient (Wildman–Crippen LogP) is 3.13. The highest BCUT2D eigenvalue weighted by Gasteiger charge is 2.24. The van der Waals surface area contributed by atoms with Crippen molar-refractivity contribution in [3.8, 4) is 0 Å². The average Bonchev–Trinajstić information content (AvgIpc) is 2.66. The van der Waals surface area contributed by atoms with Gasteiger partial charge in [0.05, 0.1) is 6.54 Å². The van der Waals surface area contributed by atoms with Crippen LogP contribution in [0.25, 0.3) is 0 Å². The van der Waals surface area contributed by atoms with Crippen LogP contribution < -0.4 is 5.32 Å². The zero-order valence-electron chi connectivity index (χ0n) is 14.6. The summed E-state index contributed by atoms with van der Waals surface area (Å²) >= 11 is 0. The lowest BCUT2D eigenvalue weighted by Gasteiger charge is -2.33. The molecule has 25 heavy (non-hydrogen) atoms. The SMILES string of the molecule is Cc1cccc(C2CCCN(C(=O)CNC(=O)c3ccccc3)C2)c1. The van der Waals surface area contributed by atoms with E-state index in [4.69, 9.17) is 0 Å². The standard InChI is InChI=1S/C21H24N2O2/c1-16-7-5-10-18(13-16)19-11-6-12-23(15-19)20(24)14-22-21(25)17-8-3-2-4-9-17/h2-5,7-10,13,19H,6,11-12,14-15H2,1H3,(H,22,25). The van der Waals surface area contributed by atoms with Crippen molar-refractivity contribution in [2.75, 3.05) is 19.6 Å². The minimum absolute atomic E-state index is 0.0124. The molecule has 2 aromatic rings. The highest BCUT2D eigenvalue weighted by Crippen LogP contribution is 2.27.